The van der Waals surface area contributed by atoms with Gasteiger partial charge in [-0.05, 0) is 26.0 Å². The number of rotatable bonds is 5. The highest BCUT2D eigenvalue weighted by atomic mass is 35.5. The molecule has 0 aliphatic rings. The molecule has 2 aromatic rings. The van der Waals surface area contributed by atoms with Crippen LogP contribution in [-0.2, 0) is 4.74 Å². The van der Waals surface area contributed by atoms with Crippen LogP contribution in [0.15, 0.2) is 36.5 Å². The normalized spacial score (nSPS) is 13.5. The number of carbonyl (C=O) groups excluding carboxylic acids is 1. The summed E-state index contributed by atoms with van der Waals surface area (Å²) in [5, 5.41) is 3.49. The molecule has 6 heteroatoms. The molecule has 0 fully saturated rings. The monoisotopic (exact) mass is 319 g/mol. The van der Waals surface area contributed by atoms with Crippen molar-refractivity contribution >= 4 is 17.5 Å². The molecular formula is C16H18ClN3O2. The number of hydrogen-bond donors (Lipinski definition) is 1. The second-order valence-corrected chi connectivity index (χ2v) is 5.34. The molecule has 22 heavy (non-hydrogen) atoms. The summed E-state index contributed by atoms with van der Waals surface area (Å²) in [5.74, 6) is 0.279. The number of carbonyl (C=O) groups is 1. The summed E-state index contributed by atoms with van der Waals surface area (Å²) in [6.07, 6.45) is 1.21. The van der Waals surface area contributed by atoms with E-state index in [2.05, 4.69) is 15.3 Å². The Bertz CT molecular complexity index is 663. The van der Waals surface area contributed by atoms with Gasteiger partial charge in [0.25, 0.3) is 5.91 Å². The van der Waals surface area contributed by atoms with E-state index in [-0.39, 0.29) is 18.1 Å². The molecule has 0 saturated heterocycles. The summed E-state index contributed by atoms with van der Waals surface area (Å²) < 4.78 is 5.51. The van der Waals surface area contributed by atoms with Crippen LogP contribution in [0, 0.1) is 6.92 Å². The fourth-order valence-corrected chi connectivity index (χ4v) is 2.49. The maximum absolute atomic E-state index is 12.3. The number of nitrogens with zero attached hydrogens (tertiary/aromatic N) is 2. The third-order valence-corrected chi connectivity index (χ3v) is 3.63. The number of methoxy groups -OCH3 is 1. The predicted octanol–water partition coefficient (Wildman–Crippen LogP) is 2.94. The van der Waals surface area contributed by atoms with Gasteiger partial charge < -0.3 is 10.1 Å². The first-order valence-electron chi connectivity index (χ1n) is 6.90. The lowest BCUT2D eigenvalue weighted by Crippen LogP contribution is -2.38. The maximum atomic E-state index is 12.3. The summed E-state index contributed by atoms with van der Waals surface area (Å²) in [7, 11) is 1.59. The van der Waals surface area contributed by atoms with Gasteiger partial charge in [0.05, 0.1) is 6.04 Å². The molecule has 2 atom stereocenters. The van der Waals surface area contributed by atoms with E-state index in [1.807, 2.05) is 25.1 Å². The van der Waals surface area contributed by atoms with Gasteiger partial charge in [-0.1, -0.05) is 29.8 Å². The zero-order valence-corrected chi connectivity index (χ0v) is 13.5. The Kier molecular flexibility index (Phi) is 5.46. The number of nitrogens with one attached hydrogen (secondary N) is 1. The number of ether oxygens (including phenoxy) is 1. The van der Waals surface area contributed by atoms with Crippen molar-refractivity contribution < 1.29 is 9.53 Å². The fourth-order valence-electron chi connectivity index (χ4n) is 2.25. The smallest absolute Gasteiger partial charge is 0.270 e. The number of aryl methyl sites for hydroxylation is 1. The van der Waals surface area contributed by atoms with Gasteiger partial charge in [-0.15, -0.1) is 0 Å². The number of amides is 1. The second-order valence-electron chi connectivity index (χ2n) is 4.93. The zero-order valence-electron chi connectivity index (χ0n) is 12.7. The molecule has 1 aromatic carbocycles. The molecule has 2 rings (SSSR count). The fraction of sp³-hybridized carbons (Fsp3) is 0.312. The van der Waals surface area contributed by atoms with Gasteiger partial charge in [-0.2, -0.15) is 0 Å². The lowest BCUT2D eigenvalue weighted by molar-refractivity contribution is 0.0643. The van der Waals surface area contributed by atoms with Crippen LogP contribution in [0.1, 0.15) is 34.9 Å². The van der Waals surface area contributed by atoms with Crippen LogP contribution < -0.4 is 5.32 Å². The first kappa shape index (κ1) is 16.4. The van der Waals surface area contributed by atoms with E-state index in [9.17, 15) is 4.79 Å². The van der Waals surface area contributed by atoms with E-state index in [1.54, 1.807) is 32.4 Å². The molecule has 1 heterocycles. The van der Waals surface area contributed by atoms with E-state index in [0.29, 0.717) is 16.5 Å². The number of aromatic nitrogens is 2. The maximum Gasteiger partial charge on any atom is 0.270 e. The van der Waals surface area contributed by atoms with Crippen molar-refractivity contribution in [3.63, 3.8) is 0 Å². The van der Waals surface area contributed by atoms with Crippen LogP contribution in [0.2, 0.25) is 5.02 Å². The van der Waals surface area contributed by atoms with Gasteiger partial charge in [0.2, 0.25) is 0 Å². The molecule has 0 saturated carbocycles. The van der Waals surface area contributed by atoms with Gasteiger partial charge in [-0.25, -0.2) is 9.97 Å². The molecule has 116 valence electrons. The van der Waals surface area contributed by atoms with Crippen molar-refractivity contribution in [2.24, 2.45) is 0 Å². The standard InChI is InChI=1S/C16H18ClN3O2/c1-10(15(22-3)12-6-4-5-7-13(12)17)19-16(21)14-8-9-18-11(2)20-14/h4-10,15H,1-3H3,(H,19,21)/t10-,15+/m1/s1. The van der Waals surface area contributed by atoms with Crippen molar-refractivity contribution in [2.45, 2.75) is 26.0 Å². The van der Waals surface area contributed by atoms with Crippen LogP contribution in [-0.4, -0.2) is 29.0 Å². The van der Waals surface area contributed by atoms with E-state index < -0.39 is 0 Å². The van der Waals surface area contributed by atoms with Gasteiger partial charge in [0.1, 0.15) is 17.6 Å². The van der Waals surface area contributed by atoms with Crippen molar-refractivity contribution in [3.05, 3.63) is 58.6 Å². The van der Waals surface area contributed by atoms with Gasteiger partial charge in [-0.3, -0.25) is 4.79 Å². The molecule has 0 aliphatic heterocycles. The first-order chi connectivity index (χ1) is 10.5. The van der Waals surface area contributed by atoms with E-state index in [1.165, 1.54) is 0 Å². The van der Waals surface area contributed by atoms with Crippen LogP contribution in [0.5, 0.6) is 0 Å². The van der Waals surface area contributed by atoms with Crippen LogP contribution in [0.25, 0.3) is 0 Å². The average Bonchev–Trinajstić information content (AvgIpc) is 2.50. The van der Waals surface area contributed by atoms with Crippen molar-refractivity contribution in [3.8, 4) is 0 Å². The average molecular weight is 320 g/mol. The number of benzene rings is 1. The largest absolute Gasteiger partial charge is 0.375 e. The zero-order chi connectivity index (χ0) is 16.1. The van der Waals surface area contributed by atoms with Gasteiger partial charge in [0.15, 0.2) is 0 Å². The quantitative estimate of drug-likeness (QED) is 0.920. The lowest BCUT2D eigenvalue weighted by Gasteiger charge is -2.24. The molecule has 5 nitrogen and oxygen atoms in total. The van der Waals surface area contributed by atoms with E-state index >= 15 is 0 Å². The molecule has 1 aromatic heterocycles. The van der Waals surface area contributed by atoms with Gasteiger partial charge in [0, 0.05) is 23.9 Å². The van der Waals surface area contributed by atoms with Crippen LogP contribution in [0.3, 0.4) is 0 Å². The Morgan fingerprint density at radius 1 is 1.32 bits per heavy atom. The van der Waals surface area contributed by atoms with Crippen molar-refractivity contribution in [1.29, 1.82) is 0 Å². The minimum atomic E-state index is -0.347. The van der Waals surface area contributed by atoms with Crippen LogP contribution >= 0.6 is 11.6 Å². The van der Waals surface area contributed by atoms with E-state index in [4.69, 9.17) is 16.3 Å². The Labute approximate surface area is 134 Å². The molecule has 0 radical (unpaired) electrons. The van der Waals surface area contributed by atoms with Crippen molar-refractivity contribution in [2.75, 3.05) is 7.11 Å². The summed E-state index contributed by atoms with van der Waals surface area (Å²) in [6, 6.07) is 8.72. The van der Waals surface area contributed by atoms with Gasteiger partial charge >= 0.3 is 0 Å². The summed E-state index contributed by atoms with van der Waals surface area (Å²) in [6.45, 7) is 3.60. The third kappa shape index (κ3) is 3.81. The second kappa shape index (κ2) is 7.33. The summed E-state index contributed by atoms with van der Waals surface area (Å²) >= 11 is 6.20. The highest BCUT2D eigenvalue weighted by Crippen LogP contribution is 2.27. The molecule has 1 N–H and O–H groups in total. The molecule has 0 unspecified atom stereocenters. The molecule has 0 aliphatic carbocycles. The summed E-state index contributed by atoms with van der Waals surface area (Å²) in [5.41, 5.74) is 1.16. The molecule has 0 spiro atoms. The molecule has 1 amide bonds. The Hall–Kier alpha value is -1.98. The molecular weight excluding hydrogens is 302 g/mol. The molecule has 0 bridgehead atoms. The van der Waals surface area contributed by atoms with Crippen LogP contribution in [0.4, 0.5) is 0 Å². The highest BCUT2D eigenvalue weighted by Gasteiger charge is 2.23. The topological polar surface area (TPSA) is 64.1 Å². The highest BCUT2D eigenvalue weighted by molar-refractivity contribution is 6.31. The minimum Gasteiger partial charge on any atom is -0.375 e. The Morgan fingerprint density at radius 2 is 2.05 bits per heavy atom. The lowest BCUT2D eigenvalue weighted by atomic mass is 10.0. The van der Waals surface area contributed by atoms with Crippen molar-refractivity contribution in [1.82, 2.24) is 15.3 Å². The SMILES string of the molecule is CO[C@H](c1ccccc1Cl)[C@@H](C)NC(=O)c1ccnc(C)n1. The summed E-state index contributed by atoms with van der Waals surface area (Å²) in [4.78, 5) is 20.3. The number of hydrogen-bond acceptors (Lipinski definition) is 4. The Balaban J connectivity index is 2.14. The minimum absolute atomic E-state index is 0.271. The first-order valence-corrected chi connectivity index (χ1v) is 7.28. The number of halogens is 1. The predicted molar refractivity (Wildman–Crippen MR) is 84.9 cm³/mol. The third-order valence-electron chi connectivity index (χ3n) is 3.29. The van der Waals surface area contributed by atoms with E-state index in [0.717, 1.165) is 5.56 Å². The Morgan fingerprint density at radius 3 is 2.68 bits per heavy atom.